The van der Waals surface area contributed by atoms with E-state index in [4.69, 9.17) is 13.0 Å². The molecule has 0 aliphatic rings. The van der Waals surface area contributed by atoms with Gasteiger partial charge in [-0.3, -0.25) is 0 Å². The van der Waals surface area contributed by atoms with E-state index in [-0.39, 0.29) is 5.75 Å². The predicted molar refractivity (Wildman–Crippen MR) is 49.6 cm³/mol. The Morgan fingerprint density at radius 1 is 1.27 bits per heavy atom. The van der Waals surface area contributed by atoms with Gasteiger partial charge < -0.3 is 5.11 Å². The van der Waals surface area contributed by atoms with Crippen LogP contribution < -0.4 is 5.46 Å². The van der Waals surface area contributed by atoms with Crippen LogP contribution in [0, 0.1) is 6.92 Å². The number of phenols is 1. The summed E-state index contributed by atoms with van der Waals surface area (Å²) >= 11 is 0. The maximum Gasteiger partial charge on any atom is 0.117 e. The summed E-state index contributed by atoms with van der Waals surface area (Å²) in [4.78, 5) is 0. The third-order valence-corrected chi connectivity index (χ3v) is 1.35. The lowest BCUT2D eigenvalue weighted by Gasteiger charge is -1.99. The van der Waals surface area contributed by atoms with Crippen LogP contribution in [-0.2, 0) is 0 Å². The average Bonchev–Trinajstić information content (AvgIpc) is 2.04. The van der Waals surface area contributed by atoms with Gasteiger partial charge in [-0.05, 0) is 18.6 Å². The molecule has 0 saturated heterocycles. The minimum atomic E-state index is 0.259. The SMILES string of the molecule is CC.[B]c1cccc(O)c1C. The van der Waals surface area contributed by atoms with Crippen molar-refractivity contribution < 1.29 is 5.11 Å². The molecule has 1 aromatic rings. The van der Waals surface area contributed by atoms with Gasteiger partial charge in [-0.15, -0.1) is 0 Å². The average molecular weight is 148 g/mol. The van der Waals surface area contributed by atoms with Crippen molar-refractivity contribution in [2.45, 2.75) is 20.8 Å². The first-order chi connectivity index (χ1) is 5.22. The van der Waals surface area contributed by atoms with Crippen LogP contribution in [0.2, 0.25) is 0 Å². The Labute approximate surface area is 69.5 Å². The van der Waals surface area contributed by atoms with E-state index >= 15 is 0 Å². The fourth-order valence-corrected chi connectivity index (χ4v) is 0.641. The van der Waals surface area contributed by atoms with Gasteiger partial charge in [0, 0.05) is 0 Å². The normalized spacial score (nSPS) is 8.27. The second-order valence-corrected chi connectivity index (χ2v) is 1.99. The Kier molecular flexibility index (Phi) is 4.43. The molecule has 0 aliphatic heterocycles. The highest BCUT2D eigenvalue weighted by molar-refractivity contribution is 6.33. The maximum atomic E-state index is 9.02. The largest absolute Gasteiger partial charge is 0.508 e. The zero-order valence-electron chi connectivity index (χ0n) is 7.26. The summed E-state index contributed by atoms with van der Waals surface area (Å²) in [5.41, 5.74) is 1.38. The monoisotopic (exact) mass is 148 g/mol. The van der Waals surface area contributed by atoms with Crippen molar-refractivity contribution in [2.75, 3.05) is 0 Å². The number of aromatic hydroxyl groups is 1. The minimum absolute atomic E-state index is 0.259. The van der Waals surface area contributed by atoms with Crippen molar-refractivity contribution in [3.8, 4) is 5.75 Å². The summed E-state index contributed by atoms with van der Waals surface area (Å²) in [6, 6.07) is 5.10. The number of benzene rings is 1. The Bertz CT molecular complexity index is 201. The number of phenolic OH excluding ortho intramolecular Hbond substituents is 1. The van der Waals surface area contributed by atoms with Crippen molar-refractivity contribution in [3.63, 3.8) is 0 Å². The molecule has 0 amide bonds. The van der Waals surface area contributed by atoms with Gasteiger partial charge in [-0.2, -0.15) is 0 Å². The van der Waals surface area contributed by atoms with Gasteiger partial charge in [-0.25, -0.2) is 0 Å². The topological polar surface area (TPSA) is 20.2 Å². The lowest BCUT2D eigenvalue weighted by atomic mass is 9.91. The molecule has 1 N–H and O–H groups in total. The van der Waals surface area contributed by atoms with Crippen LogP contribution in [0.25, 0.3) is 0 Å². The lowest BCUT2D eigenvalue weighted by Crippen LogP contribution is -2.05. The maximum absolute atomic E-state index is 9.02. The van der Waals surface area contributed by atoms with Crippen LogP contribution in [-0.4, -0.2) is 13.0 Å². The lowest BCUT2D eigenvalue weighted by molar-refractivity contribution is 0.472. The van der Waals surface area contributed by atoms with Crippen LogP contribution in [0.4, 0.5) is 0 Å². The molecule has 0 fully saturated rings. The molecule has 1 nitrogen and oxygen atoms in total. The summed E-state index contributed by atoms with van der Waals surface area (Å²) < 4.78 is 0. The number of rotatable bonds is 0. The molecule has 0 aromatic heterocycles. The third kappa shape index (κ3) is 2.66. The Morgan fingerprint density at radius 3 is 2.18 bits per heavy atom. The van der Waals surface area contributed by atoms with E-state index in [1.165, 1.54) is 0 Å². The summed E-state index contributed by atoms with van der Waals surface area (Å²) in [5, 5.41) is 9.02. The molecule has 1 aromatic carbocycles. The van der Waals surface area contributed by atoms with E-state index in [1.54, 1.807) is 25.1 Å². The van der Waals surface area contributed by atoms with E-state index in [1.807, 2.05) is 13.8 Å². The van der Waals surface area contributed by atoms with Crippen molar-refractivity contribution in [3.05, 3.63) is 23.8 Å². The molecular formula is C9H13BO. The number of hydrogen-bond acceptors (Lipinski definition) is 1. The van der Waals surface area contributed by atoms with Crippen LogP contribution in [0.15, 0.2) is 18.2 Å². The second kappa shape index (κ2) is 4.83. The van der Waals surface area contributed by atoms with Crippen LogP contribution >= 0.6 is 0 Å². The molecule has 2 radical (unpaired) electrons. The highest BCUT2D eigenvalue weighted by Crippen LogP contribution is 2.10. The minimum Gasteiger partial charge on any atom is -0.508 e. The van der Waals surface area contributed by atoms with Crippen LogP contribution in [0.3, 0.4) is 0 Å². The standard InChI is InChI=1S/C7H7BO.C2H6/c1-5-6(8)3-2-4-7(5)9;1-2/h2-4,9H,1H3;1-2H3. The first kappa shape index (κ1) is 10.1. The van der Waals surface area contributed by atoms with Crippen LogP contribution in [0.5, 0.6) is 5.75 Å². The molecule has 0 atom stereocenters. The van der Waals surface area contributed by atoms with Gasteiger partial charge in [0.2, 0.25) is 0 Å². The van der Waals surface area contributed by atoms with Gasteiger partial charge >= 0.3 is 0 Å². The molecule has 0 unspecified atom stereocenters. The highest BCUT2D eigenvalue weighted by Gasteiger charge is 1.94. The molecule has 0 heterocycles. The van der Waals surface area contributed by atoms with E-state index in [0.29, 0.717) is 5.46 Å². The molecule has 58 valence electrons. The molecule has 11 heavy (non-hydrogen) atoms. The summed E-state index contributed by atoms with van der Waals surface area (Å²) in [7, 11) is 5.46. The molecule has 0 bridgehead atoms. The predicted octanol–water partition coefficient (Wildman–Crippen LogP) is 1.52. The smallest absolute Gasteiger partial charge is 0.117 e. The summed E-state index contributed by atoms with van der Waals surface area (Å²) in [6.45, 7) is 5.78. The van der Waals surface area contributed by atoms with E-state index in [9.17, 15) is 0 Å². The quantitative estimate of drug-likeness (QED) is 0.553. The molecule has 0 saturated carbocycles. The number of hydrogen-bond donors (Lipinski definition) is 1. The van der Waals surface area contributed by atoms with Gasteiger partial charge in [0.15, 0.2) is 0 Å². The van der Waals surface area contributed by atoms with Crippen molar-refractivity contribution >= 4 is 13.3 Å². The Hall–Kier alpha value is -0.915. The zero-order chi connectivity index (χ0) is 8.85. The van der Waals surface area contributed by atoms with Gasteiger partial charge in [-0.1, -0.05) is 31.4 Å². The second-order valence-electron chi connectivity index (χ2n) is 1.99. The highest BCUT2D eigenvalue weighted by atomic mass is 16.3. The molecule has 2 heteroatoms. The Morgan fingerprint density at radius 2 is 1.82 bits per heavy atom. The van der Waals surface area contributed by atoms with Crippen LogP contribution in [0.1, 0.15) is 19.4 Å². The van der Waals surface area contributed by atoms with Gasteiger partial charge in [0.05, 0.1) is 0 Å². The van der Waals surface area contributed by atoms with Crippen molar-refractivity contribution in [1.82, 2.24) is 0 Å². The van der Waals surface area contributed by atoms with Crippen molar-refractivity contribution in [2.24, 2.45) is 0 Å². The summed E-state index contributed by atoms with van der Waals surface area (Å²) in [5.74, 6) is 0.259. The van der Waals surface area contributed by atoms with Crippen molar-refractivity contribution in [1.29, 1.82) is 0 Å². The van der Waals surface area contributed by atoms with E-state index in [2.05, 4.69) is 0 Å². The zero-order valence-corrected chi connectivity index (χ0v) is 7.26. The van der Waals surface area contributed by atoms with Gasteiger partial charge in [0.25, 0.3) is 0 Å². The summed E-state index contributed by atoms with van der Waals surface area (Å²) in [6.07, 6.45) is 0. The molecule has 0 spiro atoms. The molecule has 0 aliphatic carbocycles. The third-order valence-electron chi connectivity index (χ3n) is 1.35. The van der Waals surface area contributed by atoms with E-state index < -0.39 is 0 Å². The fraction of sp³-hybridized carbons (Fsp3) is 0.333. The van der Waals surface area contributed by atoms with Gasteiger partial charge in [0.1, 0.15) is 13.6 Å². The Balaban J connectivity index is 0.000000461. The fourth-order valence-electron chi connectivity index (χ4n) is 0.641. The first-order valence-corrected chi connectivity index (χ1v) is 3.76. The molecule has 1 rings (SSSR count). The first-order valence-electron chi connectivity index (χ1n) is 3.76. The van der Waals surface area contributed by atoms with E-state index in [0.717, 1.165) is 5.56 Å². The molecular weight excluding hydrogens is 135 g/mol.